The van der Waals surface area contributed by atoms with Crippen LogP contribution in [0.15, 0.2) is 30.3 Å². The lowest BCUT2D eigenvalue weighted by atomic mass is 9.84. The third-order valence-corrected chi connectivity index (χ3v) is 3.35. The zero-order chi connectivity index (χ0) is 11.3. The molecule has 0 radical (unpaired) electrons. The standard InChI is InChI=1S/C14H20O2/c1-2-14(11-16-12-14)10-15-9-8-13-6-4-3-5-7-13/h3-7H,2,8-12H2,1H3. The van der Waals surface area contributed by atoms with E-state index in [1.165, 1.54) is 5.56 Å². The Kier molecular flexibility index (Phi) is 3.97. The van der Waals surface area contributed by atoms with Gasteiger partial charge in [0.2, 0.25) is 0 Å². The summed E-state index contributed by atoms with van der Waals surface area (Å²) in [4.78, 5) is 0. The third kappa shape index (κ3) is 2.83. The van der Waals surface area contributed by atoms with Crippen molar-refractivity contribution in [2.24, 2.45) is 5.41 Å². The Morgan fingerprint density at radius 2 is 2.00 bits per heavy atom. The molecule has 88 valence electrons. The van der Waals surface area contributed by atoms with Crippen molar-refractivity contribution in [1.82, 2.24) is 0 Å². The second-order valence-corrected chi connectivity index (χ2v) is 4.63. The Balaban J connectivity index is 1.65. The van der Waals surface area contributed by atoms with Crippen molar-refractivity contribution in [1.29, 1.82) is 0 Å². The highest BCUT2D eigenvalue weighted by atomic mass is 16.5. The molecule has 1 aromatic carbocycles. The number of hydrogen-bond donors (Lipinski definition) is 0. The minimum Gasteiger partial charge on any atom is -0.380 e. The Labute approximate surface area is 97.6 Å². The molecule has 1 aliphatic rings. The molecule has 0 saturated carbocycles. The quantitative estimate of drug-likeness (QED) is 0.686. The average Bonchev–Trinajstić information content (AvgIpc) is 2.29. The van der Waals surface area contributed by atoms with E-state index in [1.807, 2.05) is 6.07 Å². The molecule has 0 unspecified atom stereocenters. The van der Waals surface area contributed by atoms with Crippen LogP contribution in [0.1, 0.15) is 18.9 Å². The van der Waals surface area contributed by atoms with E-state index >= 15 is 0 Å². The molecule has 0 spiro atoms. The highest BCUT2D eigenvalue weighted by molar-refractivity contribution is 5.14. The van der Waals surface area contributed by atoms with Gasteiger partial charge in [-0.05, 0) is 18.4 Å². The maximum atomic E-state index is 5.76. The van der Waals surface area contributed by atoms with Gasteiger partial charge in [-0.25, -0.2) is 0 Å². The Morgan fingerprint density at radius 1 is 1.25 bits per heavy atom. The van der Waals surface area contributed by atoms with Gasteiger partial charge in [-0.3, -0.25) is 0 Å². The number of ether oxygens (including phenoxy) is 2. The first-order valence-electron chi connectivity index (χ1n) is 6.04. The van der Waals surface area contributed by atoms with Gasteiger partial charge in [-0.1, -0.05) is 37.3 Å². The molecule has 0 atom stereocenters. The number of hydrogen-bond acceptors (Lipinski definition) is 2. The summed E-state index contributed by atoms with van der Waals surface area (Å²) in [7, 11) is 0. The number of rotatable bonds is 6. The first-order chi connectivity index (χ1) is 7.85. The fourth-order valence-electron chi connectivity index (χ4n) is 1.90. The minimum absolute atomic E-state index is 0.316. The predicted molar refractivity (Wildman–Crippen MR) is 64.5 cm³/mol. The molecule has 0 aromatic heterocycles. The van der Waals surface area contributed by atoms with E-state index in [0.29, 0.717) is 5.41 Å². The lowest BCUT2D eigenvalue weighted by Gasteiger charge is -2.40. The molecular formula is C14H20O2. The van der Waals surface area contributed by atoms with E-state index in [1.54, 1.807) is 0 Å². The van der Waals surface area contributed by atoms with Crippen LogP contribution < -0.4 is 0 Å². The zero-order valence-electron chi connectivity index (χ0n) is 9.95. The third-order valence-electron chi connectivity index (χ3n) is 3.35. The van der Waals surface area contributed by atoms with Crippen molar-refractivity contribution in [3.05, 3.63) is 35.9 Å². The van der Waals surface area contributed by atoms with Gasteiger partial charge in [0.1, 0.15) is 0 Å². The van der Waals surface area contributed by atoms with Crippen molar-refractivity contribution >= 4 is 0 Å². The molecule has 2 nitrogen and oxygen atoms in total. The van der Waals surface area contributed by atoms with E-state index in [-0.39, 0.29) is 0 Å². The molecule has 0 amide bonds. The van der Waals surface area contributed by atoms with Crippen LogP contribution >= 0.6 is 0 Å². The van der Waals surface area contributed by atoms with Crippen molar-refractivity contribution in [2.75, 3.05) is 26.4 Å². The smallest absolute Gasteiger partial charge is 0.0566 e. The zero-order valence-corrected chi connectivity index (χ0v) is 9.95. The van der Waals surface area contributed by atoms with Gasteiger partial charge in [-0.2, -0.15) is 0 Å². The molecule has 0 N–H and O–H groups in total. The van der Waals surface area contributed by atoms with Crippen molar-refractivity contribution < 1.29 is 9.47 Å². The van der Waals surface area contributed by atoms with Gasteiger partial charge < -0.3 is 9.47 Å². The van der Waals surface area contributed by atoms with Crippen LogP contribution in [-0.2, 0) is 15.9 Å². The lowest BCUT2D eigenvalue weighted by molar-refractivity contribution is -0.149. The molecule has 2 heteroatoms. The molecular weight excluding hydrogens is 200 g/mol. The molecule has 16 heavy (non-hydrogen) atoms. The highest BCUT2D eigenvalue weighted by Gasteiger charge is 2.36. The van der Waals surface area contributed by atoms with Crippen LogP contribution in [0.5, 0.6) is 0 Å². The van der Waals surface area contributed by atoms with E-state index < -0.39 is 0 Å². The first-order valence-corrected chi connectivity index (χ1v) is 6.04. The average molecular weight is 220 g/mol. The predicted octanol–water partition coefficient (Wildman–Crippen LogP) is 2.67. The summed E-state index contributed by atoms with van der Waals surface area (Å²) in [5.74, 6) is 0. The summed E-state index contributed by atoms with van der Waals surface area (Å²) >= 11 is 0. The van der Waals surface area contributed by atoms with E-state index in [0.717, 1.165) is 39.3 Å². The number of benzene rings is 1. The maximum absolute atomic E-state index is 5.76. The van der Waals surface area contributed by atoms with Crippen LogP contribution in [0.4, 0.5) is 0 Å². The minimum atomic E-state index is 0.316. The summed E-state index contributed by atoms with van der Waals surface area (Å²) in [6.45, 7) is 5.61. The van der Waals surface area contributed by atoms with Crippen LogP contribution in [0.25, 0.3) is 0 Å². The van der Waals surface area contributed by atoms with E-state index in [9.17, 15) is 0 Å². The molecule has 0 bridgehead atoms. The van der Waals surface area contributed by atoms with Gasteiger partial charge in [0.25, 0.3) is 0 Å². The molecule has 2 rings (SSSR count). The first kappa shape index (κ1) is 11.6. The Hall–Kier alpha value is -0.860. The second kappa shape index (κ2) is 5.46. The molecule has 1 aliphatic heterocycles. The highest BCUT2D eigenvalue weighted by Crippen LogP contribution is 2.31. The van der Waals surface area contributed by atoms with Crippen molar-refractivity contribution in [3.8, 4) is 0 Å². The van der Waals surface area contributed by atoms with Gasteiger partial charge in [0.05, 0.1) is 26.4 Å². The van der Waals surface area contributed by atoms with Crippen molar-refractivity contribution in [3.63, 3.8) is 0 Å². The molecule has 0 aliphatic carbocycles. The summed E-state index contributed by atoms with van der Waals surface area (Å²) < 4.78 is 11.0. The van der Waals surface area contributed by atoms with Crippen LogP contribution in [0.2, 0.25) is 0 Å². The van der Waals surface area contributed by atoms with E-state index in [4.69, 9.17) is 9.47 Å². The summed E-state index contributed by atoms with van der Waals surface area (Å²) in [5, 5.41) is 0. The van der Waals surface area contributed by atoms with E-state index in [2.05, 4.69) is 31.2 Å². The van der Waals surface area contributed by atoms with Gasteiger partial charge in [0.15, 0.2) is 0 Å². The largest absolute Gasteiger partial charge is 0.380 e. The summed E-state index contributed by atoms with van der Waals surface area (Å²) in [5.41, 5.74) is 1.66. The van der Waals surface area contributed by atoms with Crippen LogP contribution in [0, 0.1) is 5.41 Å². The summed E-state index contributed by atoms with van der Waals surface area (Å²) in [6.07, 6.45) is 2.15. The Morgan fingerprint density at radius 3 is 2.56 bits per heavy atom. The van der Waals surface area contributed by atoms with Gasteiger partial charge in [0, 0.05) is 5.41 Å². The summed E-state index contributed by atoms with van der Waals surface area (Å²) in [6, 6.07) is 10.5. The molecule has 1 aromatic rings. The van der Waals surface area contributed by atoms with Crippen molar-refractivity contribution in [2.45, 2.75) is 19.8 Å². The second-order valence-electron chi connectivity index (χ2n) is 4.63. The normalized spacial score (nSPS) is 18.1. The fourth-order valence-corrected chi connectivity index (χ4v) is 1.90. The SMILES string of the molecule is CCC1(COCCc2ccccc2)COC1. The molecule has 1 heterocycles. The topological polar surface area (TPSA) is 18.5 Å². The maximum Gasteiger partial charge on any atom is 0.0566 e. The van der Waals surface area contributed by atoms with Gasteiger partial charge in [-0.15, -0.1) is 0 Å². The van der Waals surface area contributed by atoms with Crippen LogP contribution in [0.3, 0.4) is 0 Å². The van der Waals surface area contributed by atoms with Crippen LogP contribution in [-0.4, -0.2) is 26.4 Å². The molecule has 1 saturated heterocycles. The molecule has 1 fully saturated rings. The fraction of sp³-hybridized carbons (Fsp3) is 0.571. The monoisotopic (exact) mass is 220 g/mol. The Bertz CT molecular complexity index is 298. The van der Waals surface area contributed by atoms with Gasteiger partial charge >= 0.3 is 0 Å². The lowest BCUT2D eigenvalue weighted by Crippen LogP contribution is -2.45.